The third-order valence-electron chi connectivity index (χ3n) is 13.1. The van der Waals surface area contributed by atoms with Crippen LogP contribution in [0.4, 0.5) is 0 Å². The van der Waals surface area contributed by atoms with E-state index >= 15 is 0 Å². The van der Waals surface area contributed by atoms with E-state index in [1.165, 1.54) is 47.9 Å². The molecular weight excluding hydrogens is 496 g/mol. The zero-order valence-corrected chi connectivity index (χ0v) is 24.2. The molecule has 3 N–H and O–H groups in total. The smallest absolute Gasteiger partial charge is 0.139 e. The molecule has 0 bridgehead atoms. The van der Waals surface area contributed by atoms with Crippen molar-refractivity contribution in [3.63, 3.8) is 0 Å². The third kappa shape index (κ3) is 3.99. The van der Waals surface area contributed by atoms with Gasteiger partial charge in [0.25, 0.3) is 0 Å². The summed E-state index contributed by atoms with van der Waals surface area (Å²) in [5.74, 6) is 5.27. The van der Waals surface area contributed by atoms with Crippen molar-refractivity contribution in [3.8, 4) is 11.5 Å². The maximum absolute atomic E-state index is 12.3. The van der Waals surface area contributed by atoms with Crippen LogP contribution >= 0.6 is 0 Å². The number of aromatic hydroxyl groups is 2. The summed E-state index contributed by atoms with van der Waals surface area (Å²) in [4.78, 5) is 12.3. The second kappa shape index (κ2) is 9.61. The van der Waals surface area contributed by atoms with E-state index in [0.29, 0.717) is 46.9 Å². The second-order valence-electron chi connectivity index (χ2n) is 14.7. The molecule has 4 heteroatoms. The molecule has 4 fully saturated rings. The lowest BCUT2D eigenvalue weighted by atomic mass is 9.55. The van der Waals surface area contributed by atoms with Crippen LogP contribution < -0.4 is 0 Å². The topological polar surface area (TPSA) is 77.8 Å². The van der Waals surface area contributed by atoms with Crippen LogP contribution in [0.2, 0.25) is 0 Å². The van der Waals surface area contributed by atoms with Gasteiger partial charge in [0.15, 0.2) is 0 Å². The molecule has 214 valence electrons. The molecule has 40 heavy (non-hydrogen) atoms. The van der Waals surface area contributed by atoms with Crippen LogP contribution in [0.3, 0.4) is 0 Å². The average molecular weight is 543 g/mol. The Bertz CT molecular complexity index is 1320. The number of carbonyl (C=O) groups excluding carboxylic acids is 1. The minimum atomic E-state index is -0.0883. The summed E-state index contributed by atoms with van der Waals surface area (Å²) in [6.45, 7) is 4.54. The zero-order chi connectivity index (χ0) is 27.8. The van der Waals surface area contributed by atoms with E-state index < -0.39 is 0 Å². The molecular formula is C36H46O4. The first-order valence-corrected chi connectivity index (χ1v) is 16.0. The molecule has 8 rings (SSSR count). The Morgan fingerprint density at radius 2 is 1.25 bits per heavy atom. The normalized spacial score (nSPS) is 40.9. The molecule has 0 aliphatic heterocycles. The zero-order valence-electron chi connectivity index (χ0n) is 24.2. The van der Waals surface area contributed by atoms with Crippen LogP contribution in [-0.4, -0.2) is 27.2 Å². The Hall–Kier alpha value is -2.33. The van der Waals surface area contributed by atoms with Crippen molar-refractivity contribution >= 4 is 5.78 Å². The molecule has 0 saturated heterocycles. The lowest BCUT2D eigenvalue weighted by Gasteiger charge is -2.50. The van der Waals surface area contributed by atoms with Crippen molar-refractivity contribution < 1.29 is 20.1 Å². The van der Waals surface area contributed by atoms with E-state index in [2.05, 4.69) is 26.0 Å². The van der Waals surface area contributed by atoms with Crippen molar-refractivity contribution in [1.29, 1.82) is 0 Å². The predicted octanol–water partition coefficient (Wildman–Crippen LogP) is 7.43. The fraction of sp³-hybridized carbons (Fsp3) is 0.639. The van der Waals surface area contributed by atoms with Gasteiger partial charge >= 0.3 is 0 Å². The predicted molar refractivity (Wildman–Crippen MR) is 156 cm³/mol. The van der Waals surface area contributed by atoms with Crippen molar-refractivity contribution in [1.82, 2.24) is 0 Å². The molecule has 0 amide bonds. The number of aliphatic hydroxyl groups excluding tert-OH is 1. The first-order valence-electron chi connectivity index (χ1n) is 16.0. The van der Waals surface area contributed by atoms with Gasteiger partial charge < -0.3 is 15.3 Å². The van der Waals surface area contributed by atoms with E-state index in [4.69, 9.17) is 0 Å². The Kier molecular flexibility index (Phi) is 6.38. The fourth-order valence-corrected chi connectivity index (χ4v) is 10.9. The van der Waals surface area contributed by atoms with Crippen LogP contribution in [0.5, 0.6) is 11.5 Å². The van der Waals surface area contributed by atoms with Gasteiger partial charge in [-0.3, -0.25) is 4.79 Å². The number of benzene rings is 2. The molecule has 0 radical (unpaired) electrons. The van der Waals surface area contributed by atoms with Gasteiger partial charge in [0.05, 0.1) is 6.10 Å². The fourth-order valence-electron chi connectivity index (χ4n) is 10.9. The molecule has 0 unspecified atom stereocenters. The van der Waals surface area contributed by atoms with Crippen LogP contribution in [0, 0.1) is 34.5 Å². The summed E-state index contributed by atoms with van der Waals surface area (Å²) < 4.78 is 0. The molecule has 0 aromatic heterocycles. The van der Waals surface area contributed by atoms with Gasteiger partial charge in [0, 0.05) is 11.8 Å². The number of hydrogen-bond acceptors (Lipinski definition) is 4. The molecule has 2 aromatic carbocycles. The summed E-state index contributed by atoms with van der Waals surface area (Å²) in [5, 5.41) is 29.7. The standard InChI is InChI=1S/C18H24O2.C18H22O2/c2*1-18-9-8-14-13-5-3-12(19)10-11(13)2-4-15(14)16(18)6-7-17(18)20/h3,5,10,14-17,19-20H,2,4,6-9H2,1H3;3,5,10,14-16,19H,2,4,6-9H2,1H3/t14-,15-,16+,17+,18+;14-,15-,16+,18+/m11/s1. The van der Waals surface area contributed by atoms with Gasteiger partial charge in [-0.05, 0) is 158 Å². The number of fused-ring (bicyclic) bond motifs is 10. The van der Waals surface area contributed by atoms with E-state index in [0.717, 1.165) is 57.3 Å². The number of carbonyl (C=O) groups is 1. The largest absolute Gasteiger partial charge is 0.508 e. The van der Waals surface area contributed by atoms with E-state index in [1.54, 1.807) is 0 Å². The number of rotatable bonds is 0. The Balaban J connectivity index is 0.000000132. The number of phenols is 2. The third-order valence-corrected chi connectivity index (χ3v) is 13.1. The summed E-state index contributed by atoms with van der Waals surface area (Å²) in [7, 11) is 0. The Morgan fingerprint density at radius 1 is 0.675 bits per heavy atom. The van der Waals surface area contributed by atoms with Gasteiger partial charge in [-0.2, -0.15) is 0 Å². The lowest BCUT2D eigenvalue weighted by molar-refractivity contribution is -0.129. The van der Waals surface area contributed by atoms with Gasteiger partial charge in [0.1, 0.15) is 17.3 Å². The quantitative estimate of drug-likeness (QED) is 0.324. The Morgan fingerprint density at radius 3 is 1.88 bits per heavy atom. The first-order chi connectivity index (χ1) is 19.2. The SMILES string of the molecule is C[C@]12CC[C@@H]3c4ccc(O)cc4CC[C@H]3[C@@H]1CCC2=O.C[C@]12CC[C@@H]3c4ccc(O)cc4CC[C@H]3[C@@H]1CC[C@@H]2O. The number of aliphatic hydroxyl groups is 1. The van der Waals surface area contributed by atoms with Gasteiger partial charge in [-0.15, -0.1) is 0 Å². The van der Waals surface area contributed by atoms with E-state index in [-0.39, 0.29) is 16.9 Å². The highest BCUT2D eigenvalue weighted by Gasteiger charge is 2.55. The van der Waals surface area contributed by atoms with Crippen LogP contribution in [0.1, 0.15) is 112 Å². The highest BCUT2D eigenvalue weighted by atomic mass is 16.3. The molecule has 9 atom stereocenters. The molecule has 6 aliphatic rings. The van der Waals surface area contributed by atoms with Gasteiger partial charge in [0.2, 0.25) is 0 Å². The highest BCUT2D eigenvalue weighted by molar-refractivity contribution is 5.87. The Labute approximate surface area is 239 Å². The minimum Gasteiger partial charge on any atom is -0.508 e. The van der Waals surface area contributed by atoms with Crippen molar-refractivity contribution in [2.45, 2.75) is 109 Å². The second-order valence-corrected chi connectivity index (χ2v) is 14.7. The van der Waals surface area contributed by atoms with Crippen LogP contribution in [-0.2, 0) is 17.6 Å². The molecule has 6 aliphatic carbocycles. The van der Waals surface area contributed by atoms with Gasteiger partial charge in [-0.25, -0.2) is 0 Å². The van der Waals surface area contributed by atoms with E-state index in [9.17, 15) is 20.1 Å². The molecule has 4 nitrogen and oxygen atoms in total. The minimum absolute atomic E-state index is 0.0322. The van der Waals surface area contributed by atoms with Crippen LogP contribution in [0.25, 0.3) is 0 Å². The van der Waals surface area contributed by atoms with Crippen molar-refractivity contribution in [3.05, 3.63) is 58.7 Å². The monoisotopic (exact) mass is 542 g/mol. The summed E-state index contributed by atoms with van der Waals surface area (Å²) in [6.07, 6.45) is 13.1. The van der Waals surface area contributed by atoms with Crippen molar-refractivity contribution in [2.75, 3.05) is 0 Å². The number of phenolic OH excluding ortho intramolecular Hbond substituents is 2. The number of ketones is 1. The number of aryl methyl sites for hydroxylation is 2. The maximum atomic E-state index is 12.3. The van der Waals surface area contributed by atoms with Crippen molar-refractivity contribution in [2.24, 2.45) is 34.5 Å². The van der Waals surface area contributed by atoms with Crippen LogP contribution in [0.15, 0.2) is 36.4 Å². The van der Waals surface area contributed by atoms with E-state index in [1.807, 2.05) is 24.3 Å². The molecule has 0 spiro atoms. The lowest BCUT2D eigenvalue weighted by Crippen LogP contribution is -2.43. The van der Waals surface area contributed by atoms with Gasteiger partial charge in [-0.1, -0.05) is 26.0 Å². The summed E-state index contributed by atoms with van der Waals surface area (Å²) >= 11 is 0. The highest BCUT2D eigenvalue weighted by Crippen LogP contribution is 2.61. The average Bonchev–Trinajstić information content (AvgIpc) is 3.43. The molecule has 0 heterocycles. The first kappa shape index (κ1) is 26.6. The summed E-state index contributed by atoms with van der Waals surface area (Å²) in [6, 6.07) is 11.9. The summed E-state index contributed by atoms with van der Waals surface area (Å²) in [5.41, 5.74) is 5.74. The number of hydrogen-bond donors (Lipinski definition) is 3. The number of Topliss-reactive ketones (excluding diaryl/α,β-unsaturated/α-hetero) is 1. The molecule has 4 saturated carbocycles. The maximum Gasteiger partial charge on any atom is 0.139 e. The molecule has 2 aromatic rings.